The average Bonchev–Trinajstić information content (AvgIpc) is 3.12. The fourth-order valence-corrected chi connectivity index (χ4v) is 3.38. The third kappa shape index (κ3) is 1.91. The molecule has 2 aliphatic rings. The van der Waals surface area contributed by atoms with Gasteiger partial charge in [0, 0.05) is 0 Å². The van der Waals surface area contributed by atoms with Crippen molar-refractivity contribution < 1.29 is 0 Å². The number of hydrogen-bond acceptors (Lipinski definition) is 0. The van der Waals surface area contributed by atoms with Gasteiger partial charge >= 0.3 is 0 Å². The molecule has 0 saturated heterocycles. The molecule has 0 saturated carbocycles. The highest BCUT2D eigenvalue weighted by molar-refractivity contribution is 5.87. The van der Waals surface area contributed by atoms with Crippen LogP contribution in [-0.4, -0.2) is 0 Å². The number of allylic oxidation sites excluding steroid dienone is 8. The van der Waals surface area contributed by atoms with Crippen LogP contribution in [-0.2, 0) is 0 Å². The molecule has 0 N–H and O–H groups in total. The largest absolute Gasteiger partial charge is 0.0801 e. The lowest BCUT2D eigenvalue weighted by Gasteiger charge is -2.22. The van der Waals surface area contributed by atoms with E-state index in [4.69, 9.17) is 0 Å². The van der Waals surface area contributed by atoms with Crippen molar-refractivity contribution in [2.45, 2.75) is 40.5 Å². The molecule has 0 heteroatoms. The first kappa shape index (κ1) is 13.2. The second-order valence-electron chi connectivity index (χ2n) is 5.90. The van der Waals surface area contributed by atoms with Crippen molar-refractivity contribution in [1.82, 2.24) is 0 Å². The molecule has 0 amide bonds. The highest BCUT2D eigenvalue weighted by Gasteiger charge is 2.21. The summed E-state index contributed by atoms with van der Waals surface area (Å²) in [5.74, 6) is 0. The summed E-state index contributed by atoms with van der Waals surface area (Å²) in [4.78, 5) is 0. The van der Waals surface area contributed by atoms with Crippen LogP contribution in [0.2, 0.25) is 0 Å². The summed E-state index contributed by atoms with van der Waals surface area (Å²) in [6.07, 6.45) is 15.6. The second-order valence-corrected chi connectivity index (χ2v) is 5.90. The molecular formula is C20H22. The third-order valence-corrected chi connectivity index (χ3v) is 4.87. The van der Waals surface area contributed by atoms with Crippen LogP contribution in [0.25, 0.3) is 11.1 Å². The first-order chi connectivity index (χ1) is 9.61. The Hall–Kier alpha value is -1.82. The van der Waals surface area contributed by atoms with Gasteiger partial charge in [0.2, 0.25) is 0 Å². The van der Waals surface area contributed by atoms with Gasteiger partial charge in [0.05, 0.1) is 0 Å². The number of rotatable bonds is 2. The third-order valence-electron chi connectivity index (χ3n) is 4.87. The topological polar surface area (TPSA) is 0 Å². The summed E-state index contributed by atoms with van der Waals surface area (Å²) >= 11 is 0. The second kappa shape index (κ2) is 4.94. The van der Waals surface area contributed by atoms with Crippen molar-refractivity contribution in [3.05, 3.63) is 69.8 Å². The number of benzene rings is 1. The van der Waals surface area contributed by atoms with Gasteiger partial charge in [0.1, 0.15) is 0 Å². The highest BCUT2D eigenvalue weighted by atomic mass is 14.2. The lowest BCUT2D eigenvalue weighted by Crippen LogP contribution is -2.04. The molecule has 0 heterocycles. The predicted octanol–water partition coefficient (Wildman–Crippen LogP) is 5.61. The van der Waals surface area contributed by atoms with Gasteiger partial charge in [-0.3, -0.25) is 0 Å². The Morgan fingerprint density at radius 2 is 1.00 bits per heavy atom. The fraction of sp³-hybridized carbons (Fsp3) is 0.300. The summed E-state index contributed by atoms with van der Waals surface area (Å²) < 4.78 is 0. The van der Waals surface area contributed by atoms with Crippen LogP contribution in [0, 0.1) is 27.7 Å². The smallest absolute Gasteiger partial charge is 0.00881 e. The van der Waals surface area contributed by atoms with Gasteiger partial charge in [-0.25, -0.2) is 0 Å². The van der Waals surface area contributed by atoms with Crippen molar-refractivity contribution >= 4 is 11.1 Å². The molecular weight excluding hydrogens is 240 g/mol. The average molecular weight is 262 g/mol. The van der Waals surface area contributed by atoms with Crippen LogP contribution in [0.15, 0.2) is 36.5 Å². The van der Waals surface area contributed by atoms with Gasteiger partial charge in [-0.1, -0.05) is 36.5 Å². The summed E-state index contributed by atoms with van der Waals surface area (Å²) in [6, 6.07) is 0. The first-order valence-electron chi connectivity index (χ1n) is 7.43. The monoisotopic (exact) mass is 262 g/mol. The molecule has 0 aliphatic heterocycles. The highest BCUT2D eigenvalue weighted by Crippen LogP contribution is 2.40. The van der Waals surface area contributed by atoms with E-state index in [1.54, 1.807) is 0 Å². The Labute approximate surface area is 122 Å². The minimum Gasteiger partial charge on any atom is -0.0801 e. The zero-order valence-corrected chi connectivity index (χ0v) is 12.9. The van der Waals surface area contributed by atoms with E-state index < -0.39 is 0 Å². The predicted molar refractivity (Wildman–Crippen MR) is 88.9 cm³/mol. The van der Waals surface area contributed by atoms with Gasteiger partial charge in [-0.15, -0.1) is 0 Å². The van der Waals surface area contributed by atoms with Crippen LogP contribution in [0.5, 0.6) is 0 Å². The maximum atomic E-state index is 2.28. The summed E-state index contributed by atoms with van der Waals surface area (Å²) in [5.41, 5.74) is 11.7. The molecule has 3 rings (SSSR count). The molecule has 0 bridgehead atoms. The van der Waals surface area contributed by atoms with Crippen LogP contribution in [0.4, 0.5) is 0 Å². The molecule has 0 aromatic heterocycles. The van der Waals surface area contributed by atoms with E-state index in [9.17, 15) is 0 Å². The molecule has 1 aromatic rings. The molecule has 102 valence electrons. The Morgan fingerprint density at radius 3 is 1.30 bits per heavy atom. The molecule has 2 aliphatic carbocycles. The standard InChI is InChI=1S/C20H22/c1-13-14(2)16(4)20(18-11-7-8-12-18)19(15(13)3)17-9-5-6-10-17/h5-9,11H,10,12H2,1-4H3. The van der Waals surface area contributed by atoms with Gasteiger partial charge < -0.3 is 0 Å². The summed E-state index contributed by atoms with van der Waals surface area (Å²) in [7, 11) is 0. The van der Waals surface area contributed by atoms with Crippen LogP contribution < -0.4 is 0 Å². The minimum absolute atomic E-state index is 1.07. The van der Waals surface area contributed by atoms with Gasteiger partial charge in [-0.05, 0) is 85.1 Å². The zero-order chi connectivity index (χ0) is 14.3. The first-order valence-corrected chi connectivity index (χ1v) is 7.43. The van der Waals surface area contributed by atoms with Crippen molar-refractivity contribution in [2.24, 2.45) is 0 Å². The maximum Gasteiger partial charge on any atom is -0.00881 e. The van der Waals surface area contributed by atoms with E-state index in [0.717, 1.165) is 12.8 Å². The van der Waals surface area contributed by atoms with E-state index in [1.807, 2.05) is 0 Å². The molecule has 0 fully saturated rings. The molecule has 0 nitrogen and oxygen atoms in total. The van der Waals surface area contributed by atoms with Crippen LogP contribution in [0.3, 0.4) is 0 Å². The van der Waals surface area contributed by atoms with Gasteiger partial charge in [0.15, 0.2) is 0 Å². The van der Waals surface area contributed by atoms with Crippen molar-refractivity contribution in [2.75, 3.05) is 0 Å². The van der Waals surface area contributed by atoms with E-state index in [2.05, 4.69) is 64.2 Å². The van der Waals surface area contributed by atoms with Gasteiger partial charge in [-0.2, -0.15) is 0 Å². The summed E-state index contributed by atoms with van der Waals surface area (Å²) in [5, 5.41) is 0. The lowest BCUT2D eigenvalue weighted by molar-refractivity contribution is 1.17. The molecule has 0 unspecified atom stereocenters. The van der Waals surface area contributed by atoms with Crippen molar-refractivity contribution in [3.63, 3.8) is 0 Å². The molecule has 20 heavy (non-hydrogen) atoms. The lowest BCUT2D eigenvalue weighted by atomic mass is 9.82. The van der Waals surface area contributed by atoms with Crippen LogP contribution >= 0.6 is 0 Å². The van der Waals surface area contributed by atoms with Crippen molar-refractivity contribution in [3.8, 4) is 0 Å². The van der Waals surface area contributed by atoms with Crippen molar-refractivity contribution in [1.29, 1.82) is 0 Å². The van der Waals surface area contributed by atoms with Crippen LogP contribution in [0.1, 0.15) is 46.2 Å². The maximum absolute atomic E-state index is 2.28. The Bertz CT molecular complexity index is 630. The van der Waals surface area contributed by atoms with Gasteiger partial charge in [0.25, 0.3) is 0 Å². The Kier molecular flexibility index (Phi) is 3.25. The SMILES string of the molecule is Cc1c(C)c(C)c(C2=CC=CC2)c(C2=CC=CC2)c1C. The fourth-order valence-electron chi connectivity index (χ4n) is 3.38. The molecule has 1 aromatic carbocycles. The molecule has 0 radical (unpaired) electrons. The van der Waals surface area contributed by atoms with E-state index in [-0.39, 0.29) is 0 Å². The Balaban J connectivity index is 2.30. The van der Waals surface area contributed by atoms with E-state index in [0.29, 0.717) is 0 Å². The van der Waals surface area contributed by atoms with E-state index >= 15 is 0 Å². The quantitative estimate of drug-likeness (QED) is 0.650. The normalized spacial score (nSPS) is 16.8. The molecule has 0 atom stereocenters. The summed E-state index contributed by atoms with van der Waals surface area (Å²) in [6.45, 7) is 9.08. The van der Waals surface area contributed by atoms with E-state index in [1.165, 1.54) is 44.5 Å². The molecule has 0 spiro atoms. The Morgan fingerprint density at radius 1 is 0.600 bits per heavy atom. The number of hydrogen-bond donors (Lipinski definition) is 0. The zero-order valence-electron chi connectivity index (χ0n) is 12.9. The minimum atomic E-state index is 1.07.